The zero-order chi connectivity index (χ0) is 21.1. The standard InChI is InChI=1S/C20H24N4O4S/c1-4-21-20(29)24-22-12-14-9-10-17(18(11-14)27-3)28-13-19(25)23-15-7-5-6-8-16(15)26-2/h5-12H,4,13H2,1-3H3,(H,23,25)(H2,21,24,29)/b22-12+. The van der Waals surface area contributed by atoms with E-state index in [0.717, 1.165) is 5.56 Å². The van der Waals surface area contributed by atoms with Gasteiger partial charge in [0.2, 0.25) is 0 Å². The number of ether oxygens (including phenoxy) is 3. The minimum absolute atomic E-state index is 0.180. The molecule has 0 aliphatic carbocycles. The van der Waals surface area contributed by atoms with E-state index in [2.05, 4.69) is 21.2 Å². The molecule has 9 heteroatoms. The third kappa shape index (κ3) is 6.96. The normalized spacial score (nSPS) is 10.3. The molecule has 0 aliphatic rings. The molecule has 0 heterocycles. The van der Waals surface area contributed by atoms with Crippen LogP contribution in [0.4, 0.5) is 5.69 Å². The predicted octanol–water partition coefficient (Wildman–Crippen LogP) is 2.54. The summed E-state index contributed by atoms with van der Waals surface area (Å²) >= 11 is 5.03. The number of benzene rings is 2. The maximum Gasteiger partial charge on any atom is 0.262 e. The van der Waals surface area contributed by atoms with Gasteiger partial charge in [0, 0.05) is 6.54 Å². The number of anilines is 1. The van der Waals surface area contributed by atoms with Crippen molar-refractivity contribution in [3.63, 3.8) is 0 Å². The molecule has 0 saturated heterocycles. The second-order valence-electron chi connectivity index (χ2n) is 5.68. The highest BCUT2D eigenvalue weighted by molar-refractivity contribution is 7.80. The van der Waals surface area contributed by atoms with Gasteiger partial charge in [-0.1, -0.05) is 12.1 Å². The Balaban J connectivity index is 1.95. The quantitative estimate of drug-likeness (QED) is 0.329. The van der Waals surface area contributed by atoms with Gasteiger partial charge in [0.15, 0.2) is 23.2 Å². The second kappa shape index (κ2) is 11.5. The first-order chi connectivity index (χ1) is 14.1. The monoisotopic (exact) mass is 416 g/mol. The number of para-hydroxylation sites is 2. The number of hydrogen-bond acceptors (Lipinski definition) is 6. The first kappa shape index (κ1) is 22.0. The van der Waals surface area contributed by atoms with Gasteiger partial charge in [0.05, 0.1) is 26.1 Å². The molecule has 0 atom stereocenters. The molecule has 0 saturated carbocycles. The molecule has 0 fully saturated rings. The third-order valence-electron chi connectivity index (χ3n) is 3.64. The summed E-state index contributed by atoms with van der Waals surface area (Å²) < 4.78 is 16.2. The van der Waals surface area contributed by atoms with E-state index in [4.69, 9.17) is 26.4 Å². The predicted molar refractivity (Wildman–Crippen MR) is 117 cm³/mol. The van der Waals surface area contributed by atoms with Crippen LogP contribution in [0.15, 0.2) is 47.6 Å². The highest BCUT2D eigenvalue weighted by Crippen LogP contribution is 2.28. The Labute approximate surface area is 175 Å². The summed E-state index contributed by atoms with van der Waals surface area (Å²) in [7, 11) is 3.07. The molecule has 154 valence electrons. The zero-order valence-electron chi connectivity index (χ0n) is 16.5. The van der Waals surface area contributed by atoms with Crippen LogP contribution in [0.1, 0.15) is 12.5 Å². The van der Waals surface area contributed by atoms with E-state index in [9.17, 15) is 4.79 Å². The summed E-state index contributed by atoms with van der Waals surface area (Å²) in [6, 6.07) is 12.4. The van der Waals surface area contributed by atoms with Gasteiger partial charge < -0.3 is 24.8 Å². The van der Waals surface area contributed by atoms with Crippen molar-refractivity contribution >= 4 is 35.1 Å². The Kier molecular flexibility index (Phi) is 8.71. The molecule has 2 aromatic rings. The van der Waals surface area contributed by atoms with Crippen molar-refractivity contribution in [3.05, 3.63) is 48.0 Å². The number of carbonyl (C=O) groups excluding carboxylic acids is 1. The average molecular weight is 417 g/mol. The van der Waals surface area contributed by atoms with E-state index in [1.54, 1.807) is 43.7 Å². The van der Waals surface area contributed by atoms with Crippen molar-refractivity contribution in [2.45, 2.75) is 6.92 Å². The van der Waals surface area contributed by atoms with Crippen molar-refractivity contribution in [2.75, 3.05) is 32.7 Å². The Morgan fingerprint density at radius 2 is 1.86 bits per heavy atom. The maximum absolute atomic E-state index is 12.2. The number of amides is 1. The van der Waals surface area contributed by atoms with Crippen LogP contribution >= 0.6 is 12.2 Å². The molecular weight excluding hydrogens is 392 g/mol. The number of methoxy groups -OCH3 is 2. The van der Waals surface area contributed by atoms with E-state index in [1.165, 1.54) is 7.11 Å². The van der Waals surface area contributed by atoms with E-state index >= 15 is 0 Å². The largest absolute Gasteiger partial charge is 0.495 e. The Morgan fingerprint density at radius 3 is 2.59 bits per heavy atom. The number of nitrogens with one attached hydrogen (secondary N) is 3. The van der Waals surface area contributed by atoms with Gasteiger partial charge in [-0.2, -0.15) is 5.10 Å². The molecule has 0 bridgehead atoms. The molecule has 0 radical (unpaired) electrons. The SMILES string of the molecule is CCNC(=S)N/N=C/c1ccc(OCC(=O)Nc2ccccc2OC)c(OC)c1. The van der Waals surface area contributed by atoms with Crippen LogP contribution in [0.5, 0.6) is 17.2 Å². The summed E-state index contributed by atoms with van der Waals surface area (Å²) in [5, 5.41) is 10.2. The fraction of sp³-hybridized carbons (Fsp3) is 0.250. The lowest BCUT2D eigenvalue weighted by molar-refractivity contribution is -0.118. The lowest BCUT2D eigenvalue weighted by atomic mass is 10.2. The van der Waals surface area contributed by atoms with Crippen molar-refractivity contribution < 1.29 is 19.0 Å². The third-order valence-corrected chi connectivity index (χ3v) is 3.88. The Bertz CT molecular complexity index is 873. The molecule has 0 spiro atoms. The van der Waals surface area contributed by atoms with Gasteiger partial charge in [-0.3, -0.25) is 10.2 Å². The highest BCUT2D eigenvalue weighted by Gasteiger charge is 2.10. The van der Waals surface area contributed by atoms with E-state index in [0.29, 0.717) is 34.6 Å². The van der Waals surface area contributed by atoms with Crippen LogP contribution in [0.2, 0.25) is 0 Å². The minimum atomic E-state index is -0.316. The Morgan fingerprint density at radius 1 is 1.10 bits per heavy atom. The topological polar surface area (TPSA) is 93.2 Å². The fourth-order valence-corrected chi connectivity index (χ4v) is 2.52. The number of rotatable bonds is 9. The molecular formula is C20H24N4O4S. The van der Waals surface area contributed by atoms with Gasteiger partial charge in [-0.15, -0.1) is 0 Å². The van der Waals surface area contributed by atoms with Crippen molar-refractivity contribution in [3.8, 4) is 17.2 Å². The first-order valence-electron chi connectivity index (χ1n) is 8.88. The molecule has 29 heavy (non-hydrogen) atoms. The van der Waals surface area contributed by atoms with Crippen molar-refractivity contribution in [2.24, 2.45) is 5.10 Å². The molecule has 0 aromatic heterocycles. The summed E-state index contributed by atoms with van der Waals surface area (Å²) in [5.74, 6) is 1.18. The first-order valence-corrected chi connectivity index (χ1v) is 9.28. The fourth-order valence-electron chi connectivity index (χ4n) is 2.33. The minimum Gasteiger partial charge on any atom is -0.495 e. The molecule has 2 rings (SSSR count). The number of nitrogens with zero attached hydrogens (tertiary/aromatic N) is 1. The summed E-state index contributed by atoms with van der Waals surface area (Å²) in [5.41, 5.74) is 4.06. The number of thiocarbonyl (C=S) groups is 1. The van der Waals surface area contributed by atoms with Crippen LogP contribution in [0.3, 0.4) is 0 Å². The summed E-state index contributed by atoms with van der Waals surface area (Å²) in [4.78, 5) is 12.2. The van der Waals surface area contributed by atoms with Crippen molar-refractivity contribution in [1.29, 1.82) is 0 Å². The van der Waals surface area contributed by atoms with Crippen LogP contribution in [-0.2, 0) is 4.79 Å². The maximum atomic E-state index is 12.2. The smallest absolute Gasteiger partial charge is 0.262 e. The van der Waals surface area contributed by atoms with E-state index in [-0.39, 0.29) is 12.5 Å². The zero-order valence-corrected chi connectivity index (χ0v) is 17.3. The van der Waals surface area contributed by atoms with Crippen LogP contribution < -0.4 is 30.3 Å². The lowest BCUT2D eigenvalue weighted by Crippen LogP contribution is -2.31. The molecule has 1 amide bonds. The van der Waals surface area contributed by atoms with Gasteiger partial charge in [-0.25, -0.2) is 0 Å². The van der Waals surface area contributed by atoms with Crippen molar-refractivity contribution in [1.82, 2.24) is 10.7 Å². The summed E-state index contributed by atoms with van der Waals surface area (Å²) in [6.45, 7) is 2.48. The highest BCUT2D eigenvalue weighted by atomic mass is 32.1. The summed E-state index contributed by atoms with van der Waals surface area (Å²) in [6.07, 6.45) is 1.60. The van der Waals surface area contributed by atoms with Gasteiger partial charge >= 0.3 is 0 Å². The number of carbonyl (C=O) groups is 1. The molecule has 8 nitrogen and oxygen atoms in total. The lowest BCUT2D eigenvalue weighted by Gasteiger charge is -2.12. The van der Waals surface area contributed by atoms with Crippen LogP contribution in [0, 0.1) is 0 Å². The van der Waals surface area contributed by atoms with Gasteiger partial charge in [-0.05, 0) is 55.0 Å². The number of hydrogen-bond donors (Lipinski definition) is 3. The van der Waals surface area contributed by atoms with Gasteiger partial charge in [0.25, 0.3) is 5.91 Å². The number of hydrazone groups is 1. The molecule has 0 aliphatic heterocycles. The molecule has 0 unspecified atom stereocenters. The molecule has 3 N–H and O–H groups in total. The Hall–Kier alpha value is -3.33. The average Bonchev–Trinajstić information content (AvgIpc) is 2.73. The van der Waals surface area contributed by atoms with E-state index < -0.39 is 0 Å². The van der Waals surface area contributed by atoms with Crippen LogP contribution in [0.25, 0.3) is 0 Å². The van der Waals surface area contributed by atoms with Gasteiger partial charge in [0.1, 0.15) is 5.75 Å². The van der Waals surface area contributed by atoms with E-state index in [1.807, 2.05) is 19.1 Å². The van der Waals surface area contributed by atoms with Crippen LogP contribution in [-0.4, -0.2) is 44.6 Å². The second-order valence-corrected chi connectivity index (χ2v) is 6.09. The molecule has 2 aromatic carbocycles.